The molecule has 2 aliphatic rings. The normalized spacial score (nSPS) is 22.3. The minimum atomic E-state index is -0.0138. The standard InChI is InChI=1S/C23H29N3O3/c1-17(27)26-14-19-12-21(28-2)8-9-22(19)29-23(16-26)18-6-5-11-25(13-18)15-20-7-3-4-10-24-20/h3-4,7-10,12,18,23H,5-6,11,13-16H2,1-2H3/t18-,23-/m0/s1. The van der Waals surface area contributed by atoms with Gasteiger partial charge in [0.2, 0.25) is 5.91 Å². The molecule has 0 radical (unpaired) electrons. The van der Waals surface area contributed by atoms with Gasteiger partial charge in [0.05, 0.1) is 19.3 Å². The van der Waals surface area contributed by atoms with Gasteiger partial charge in [0.25, 0.3) is 0 Å². The zero-order valence-corrected chi connectivity index (χ0v) is 17.2. The lowest BCUT2D eigenvalue weighted by Crippen LogP contribution is -2.46. The molecule has 1 amide bonds. The molecular formula is C23H29N3O3. The van der Waals surface area contributed by atoms with Crippen molar-refractivity contribution in [2.75, 3.05) is 26.7 Å². The number of carbonyl (C=O) groups excluding carboxylic acids is 1. The van der Waals surface area contributed by atoms with Gasteiger partial charge in [-0.2, -0.15) is 0 Å². The maximum atomic E-state index is 12.3. The highest BCUT2D eigenvalue weighted by Gasteiger charge is 2.33. The molecule has 6 nitrogen and oxygen atoms in total. The molecule has 1 aromatic carbocycles. The Kier molecular flexibility index (Phi) is 6.00. The van der Waals surface area contributed by atoms with Gasteiger partial charge in [0, 0.05) is 44.2 Å². The number of rotatable bonds is 4. The summed E-state index contributed by atoms with van der Waals surface area (Å²) in [7, 11) is 1.66. The first-order chi connectivity index (χ1) is 14.1. The molecule has 154 valence electrons. The van der Waals surface area contributed by atoms with Crippen LogP contribution in [-0.2, 0) is 17.9 Å². The van der Waals surface area contributed by atoms with Gasteiger partial charge in [0.1, 0.15) is 17.6 Å². The van der Waals surface area contributed by atoms with Gasteiger partial charge in [0.15, 0.2) is 0 Å². The summed E-state index contributed by atoms with van der Waals surface area (Å²) in [5.74, 6) is 2.10. The summed E-state index contributed by atoms with van der Waals surface area (Å²) in [5, 5.41) is 0. The Balaban J connectivity index is 1.51. The van der Waals surface area contributed by atoms with Crippen LogP contribution in [0.25, 0.3) is 0 Å². The quantitative estimate of drug-likeness (QED) is 0.796. The molecule has 4 rings (SSSR count). The zero-order chi connectivity index (χ0) is 20.2. The molecule has 3 heterocycles. The third-order valence-corrected chi connectivity index (χ3v) is 5.93. The van der Waals surface area contributed by atoms with E-state index in [0.29, 0.717) is 19.0 Å². The van der Waals surface area contributed by atoms with Crippen LogP contribution in [0.3, 0.4) is 0 Å². The van der Waals surface area contributed by atoms with Crippen LogP contribution in [0.15, 0.2) is 42.6 Å². The van der Waals surface area contributed by atoms with Crippen molar-refractivity contribution in [2.24, 2.45) is 5.92 Å². The van der Waals surface area contributed by atoms with Crippen LogP contribution in [-0.4, -0.2) is 53.5 Å². The molecule has 0 spiro atoms. The number of hydrogen-bond acceptors (Lipinski definition) is 5. The van der Waals surface area contributed by atoms with Gasteiger partial charge < -0.3 is 14.4 Å². The van der Waals surface area contributed by atoms with E-state index < -0.39 is 0 Å². The van der Waals surface area contributed by atoms with E-state index >= 15 is 0 Å². The average molecular weight is 396 g/mol. The van der Waals surface area contributed by atoms with Crippen molar-refractivity contribution < 1.29 is 14.3 Å². The van der Waals surface area contributed by atoms with Crippen molar-refractivity contribution in [3.8, 4) is 11.5 Å². The smallest absolute Gasteiger partial charge is 0.219 e. The van der Waals surface area contributed by atoms with Crippen molar-refractivity contribution in [3.63, 3.8) is 0 Å². The maximum Gasteiger partial charge on any atom is 0.219 e. The van der Waals surface area contributed by atoms with Gasteiger partial charge in [-0.3, -0.25) is 14.7 Å². The Labute approximate surface area is 172 Å². The molecule has 6 heteroatoms. The topological polar surface area (TPSA) is 54.9 Å². The Morgan fingerprint density at radius 2 is 2.17 bits per heavy atom. The summed E-state index contributed by atoms with van der Waals surface area (Å²) in [6.45, 7) is 5.70. The highest BCUT2D eigenvalue weighted by molar-refractivity contribution is 5.73. The number of amides is 1. The fourth-order valence-corrected chi connectivity index (χ4v) is 4.35. The van der Waals surface area contributed by atoms with E-state index in [0.717, 1.165) is 55.2 Å². The summed E-state index contributed by atoms with van der Waals surface area (Å²) < 4.78 is 11.8. The second-order valence-corrected chi connectivity index (χ2v) is 7.99. The minimum absolute atomic E-state index is 0.0138. The first-order valence-corrected chi connectivity index (χ1v) is 10.3. The van der Waals surface area contributed by atoms with Crippen molar-refractivity contribution in [3.05, 3.63) is 53.9 Å². The number of hydrogen-bond donors (Lipinski definition) is 0. The molecule has 0 N–H and O–H groups in total. The van der Waals surface area contributed by atoms with Crippen LogP contribution in [0.1, 0.15) is 31.0 Å². The second kappa shape index (κ2) is 8.82. The number of fused-ring (bicyclic) bond motifs is 1. The number of likely N-dealkylation sites (tertiary alicyclic amines) is 1. The number of nitrogens with zero attached hydrogens (tertiary/aromatic N) is 3. The van der Waals surface area contributed by atoms with Gasteiger partial charge in [-0.25, -0.2) is 0 Å². The van der Waals surface area contributed by atoms with E-state index in [4.69, 9.17) is 9.47 Å². The molecule has 0 aliphatic carbocycles. The van der Waals surface area contributed by atoms with Crippen LogP contribution >= 0.6 is 0 Å². The lowest BCUT2D eigenvalue weighted by atomic mass is 9.91. The molecule has 1 fully saturated rings. The largest absolute Gasteiger partial charge is 0.497 e. The van der Waals surface area contributed by atoms with Crippen molar-refractivity contribution in [2.45, 2.75) is 39.0 Å². The number of aromatic nitrogens is 1. The molecule has 2 aliphatic heterocycles. The van der Waals surface area contributed by atoms with Crippen LogP contribution in [0.4, 0.5) is 0 Å². The molecule has 2 aromatic rings. The summed E-state index contributed by atoms with van der Waals surface area (Å²) >= 11 is 0. The van der Waals surface area contributed by atoms with Crippen LogP contribution < -0.4 is 9.47 Å². The summed E-state index contributed by atoms with van der Waals surface area (Å²) in [4.78, 5) is 21.1. The minimum Gasteiger partial charge on any atom is -0.497 e. The second-order valence-electron chi connectivity index (χ2n) is 7.99. The Morgan fingerprint density at radius 1 is 1.28 bits per heavy atom. The molecule has 0 bridgehead atoms. The monoisotopic (exact) mass is 395 g/mol. The first kappa shape index (κ1) is 19.7. The molecule has 29 heavy (non-hydrogen) atoms. The number of piperidine rings is 1. The van der Waals surface area contributed by atoms with Gasteiger partial charge in [-0.05, 0) is 49.7 Å². The fraction of sp³-hybridized carbons (Fsp3) is 0.478. The van der Waals surface area contributed by atoms with Gasteiger partial charge in [-0.15, -0.1) is 0 Å². The van der Waals surface area contributed by atoms with E-state index in [2.05, 4.69) is 16.0 Å². The number of carbonyl (C=O) groups is 1. The molecule has 0 unspecified atom stereocenters. The Morgan fingerprint density at radius 3 is 2.93 bits per heavy atom. The number of methoxy groups -OCH3 is 1. The SMILES string of the molecule is COc1ccc2c(c1)CN(C(C)=O)C[C@@H]([C@H]1CCCN(Cc3ccccn3)C1)O2. The summed E-state index contributed by atoms with van der Waals surface area (Å²) in [6.07, 6.45) is 4.08. The molecule has 1 saturated heterocycles. The fourth-order valence-electron chi connectivity index (χ4n) is 4.35. The zero-order valence-electron chi connectivity index (χ0n) is 17.2. The summed E-state index contributed by atoms with van der Waals surface area (Å²) in [6, 6.07) is 11.9. The van der Waals surface area contributed by atoms with Gasteiger partial charge in [-0.1, -0.05) is 6.07 Å². The first-order valence-electron chi connectivity index (χ1n) is 10.3. The predicted octanol–water partition coefficient (Wildman–Crippen LogP) is 3.11. The Hall–Kier alpha value is -2.60. The third kappa shape index (κ3) is 4.70. The Bertz CT molecular complexity index is 843. The lowest BCUT2D eigenvalue weighted by Gasteiger charge is -2.37. The molecule has 1 aromatic heterocycles. The number of benzene rings is 1. The highest BCUT2D eigenvalue weighted by Crippen LogP contribution is 2.33. The van der Waals surface area contributed by atoms with E-state index in [1.54, 1.807) is 14.0 Å². The van der Waals surface area contributed by atoms with E-state index in [9.17, 15) is 4.79 Å². The molecule has 0 saturated carbocycles. The molecular weight excluding hydrogens is 366 g/mol. The van der Waals surface area contributed by atoms with Crippen LogP contribution in [0, 0.1) is 5.92 Å². The van der Waals surface area contributed by atoms with Crippen molar-refractivity contribution >= 4 is 5.91 Å². The number of ether oxygens (including phenoxy) is 2. The van der Waals surface area contributed by atoms with E-state index in [-0.39, 0.29) is 12.0 Å². The van der Waals surface area contributed by atoms with Crippen LogP contribution in [0.5, 0.6) is 11.5 Å². The number of pyridine rings is 1. The third-order valence-electron chi connectivity index (χ3n) is 5.93. The van der Waals surface area contributed by atoms with E-state index in [1.807, 2.05) is 41.4 Å². The van der Waals surface area contributed by atoms with Crippen LogP contribution in [0.2, 0.25) is 0 Å². The maximum absolute atomic E-state index is 12.3. The summed E-state index contributed by atoms with van der Waals surface area (Å²) in [5.41, 5.74) is 2.10. The highest BCUT2D eigenvalue weighted by atomic mass is 16.5. The van der Waals surface area contributed by atoms with E-state index in [1.165, 1.54) is 0 Å². The predicted molar refractivity (Wildman–Crippen MR) is 111 cm³/mol. The van der Waals surface area contributed by atoms with Crippen molar-refractivity contribution in [1.82, 2.24) is 14.8 Å². The molecule has 2 atom stereocenters. The van der Waals surface area contributed by atoms with Gasteiger partial charge >= 0.3 is 0 Å². The lowest BCUT2D eigenvalue weighted by molar-refractivity contribution is -0.130. The van der Waals surface area contributed by atoms with Crippen molar-refractivity contribution in [1.29, 1.82) is 0 Å². The average Bonchev–Trinajstić information content (AvgIpc) is 2.94.